The predicted octanol–water partition coefficient (Wildman–Crippen LogP) is 1.31. The first-order valence-electron chi connectivity index (χ1n) is 9.12. The lowest BCUT2D eigenvalue weighted by atomic mass is 10.3. The summed E-state index contributed by atoms with van der Waals surface area (Å²) >= 11 is 1.30. The molecule has 0 aromatic carbocycles. The number of hydrogen-bond acceptors (Lipinski definition) is 8. The number of hydrogen-bond donors (Lipinski definition) is 2. The third kappa shape index (κ3) is 8.98. The van der Waals surface area contributed by atoms with Crippen molar-refractivity contribution < 1.29 is 22.7 Å². The van der Waals surface area contributed by atoms with Gasteiger partial charge < -0.3 is 20.1 Å². The number of ether oxygens (including phenoxy) is 2. The molecule has 0 aliphatic carbocycles. The molecule has 2 N–H and O–H groups in total. The molecule has 160 valence electrons. The Bertz CT molecular complexity index is 762. The summed E-state index contributed by atoms with van der Waals surface area (Å²) in [6.07, 6.45) is 1.18. The molecule has 1 heterocycles. The number of thiazole rings is 1. The average Bonchev–Trinajstić information content (AvgIpc) is 2.99. The fourth-order valence-corrected chi connectivity index (χ4v) is 3.49. The molecule has 1 atom stereocenters. The van der Waals surface area contributed by atoms with Gasteiger partial charge in [-0.2, -0.15) is 0 Å². The van der Waals surface area contributed by atoms with Gasteiger partial charge >= 0.3 is 5.97 Å². The quantitative estimate of drug-likeness (QED) is 0.232. The molecule has 0 saturated heterocycles. The molecular weight excluding hydrogens is 404 g/mol. The molecular formula is C17H30N4O5S2. The van der Waals surface area contributed by atoms with Crippen LogP contribution in [0.3, 0.4) is 0 Å². The highest BCUT2D eigenvalue weighted by molar-refractivity contribution is 7.90. The fraction of sp³-hybridized carbons (Fsp3) is 0.706. The monoisotopic (exact) mass is 434 g/mol. The molecule has 0 aliphatic heterocycles. The lowest BCUT2D eigenvalue weighted by molar-refractivity contribution is 0.0531. The minimum absolute atomic E-state index is 0.00172. The van der Waals surface area contributed by atoms with Gasteiger partial charge in [-0.1, -0.05) is 0 Å². The van der Waals surface area contributed by atoms with Crippen LogP contribution in [0, 0.1) is 6.92 Å². The Balaban J connectivity index is 2.62. The van der Waals surface area contributed by atoms with E-state index in [4.69, 9.17) is 9.47 Å². The topological polar surface area (TPSA) is 119 Å². The van der Waals surface area contributed by atoms with E-state index < -0.39 is 9.84 Å². The molecule has 9 nitrogen and oxygen atoms in total. The van der Waals surface area contributed by atoms with E-state index in [1.807, 2.05) is 13.8 Å². The van der Waals surface area contributed by atoms with E-state index in [2.05, 4.69) is 20.6 Å². The van der Waals surface area contributed by atoms with Crippen LogP contribution in [0.25, 0.3) is 0 Å². The zero-order chi connectivity index (χ0) is 21.2. The Morgan fingerprint density at radius 3 is 2.64 bits per heavy atom. The van der Waals surface area contributed by atoms with Gasteiger partial charge in [0.15, 0.2) is 5.96 Å². The third-order valence-electron chi connectivity index (χ3n) is 3.45. The Morgan fingerprint density at radius 1 is 1.32 bits per heavy atom. The molecule has 0 radical (unpaired) electrons. The van der Waals surface area contributed by atoms with Gasteiger partial charge in [0.25, 0.3) is 0 Å². The molecule has 0 spiro atoms. The van der Waals surface area contributed by atoms with Crippen molar-refractivity contribution in [2.75, 3.05) is 44.9 Å². The fourth-order valence-electron chi connectivity index (χ4n) is 2.11. The van der Waals surface area contributed by atoms with Crippen LogP contribution in [0.4, 0.5) is 0 Å². The molecule has 0 bridgehead atoms. The van der Waals surface area contributed by atoms with Crippen molar-refractivity contribution in [1.82, 2.24) is 15.6 Å². The van der Waals surface area contributed by atoms with Gasteiger partial charge in [0.05, 0.1) is 43.9 Å². The Hall–Kier alpha value is -1.72. The molecule has 1 unspecified atom stereocenters. The van der Waals surface area contributed by atoms with Crippen LogP contribution >= 0.6 is 11.3 Å². The first-order valence-corrected chi connectivity index (χ1v) is 12.0. The second-order valence-electron chi connectivity index (χ2n) is 6.06. The summed E-state index contributed by atoms with van der Waals surface area (Å²) in [5.41, 5.74) is 0.647. The van der Waals surface area contributed by atoms with Gasteiger partial charge in [-0.05, 0) is 27.7 Å². The predicted molar refractivity (Wildman–Crippen MR) is 111 cm³/mol. The summed E-state index contributed by atoms with van der Waals surface area (Å²) in [5.74, 6) is 0.230. The molecule has 0 fully saturated rings. The van der Waals surface area contributed by atoms with E-state index in [-0.39, 0.29) is 24.4 Å². The summed E-state index contributed by atoms with van der Waals surface area (Å²) in [7, 11) is -3.02. The number of aromatic nitrogens is 1. The Kier molecular flexibility index (Phi) is 10.4. The van der Waals surface area contributed by atoms with Gasteiger partial charge in [0.2, 0.25) is 0 Å². The highest BCUT2D eigenvalue weighted by atomic mass is 32.2. The molecule has 1 aromatic rings. The Labute approximate surface area is 170 Å². The van der Waals surface area contributed by atoms with Gasteiger partial charge in [0.1, 0.15) is 19.7 Å². The van der Waals surface area contributed by atoms with Crippen LogP contribution in [0.5, 0.6) is 0 Å². The van der Waals surface area contributed by atoms with Crippen LogP contribution in [0.15, 0.2) is 4.99 Å². The van der Waals surface area contributed by atoms with Crippen molar-refractivity contribution in [3.8, 4) is 0 Å². The van der Waals surface area contributed by atoms with E-state index in [0.717, 1.165) is 5.01 Å². The lowest BCUT2D eigenvalue weighted by Gasteiger charge is -2.16. The number of aliphatic imine (C=N–C) groups is 1. The maximum Gasteiger partial charge on any atom is 0.350 e. The second kappa shape index (κ2) is 12.0. The molecule has 11 heteroatoms. The lowest BCUT2D eigenvalue weighted by Crippen LogP contribution is -2.39. The summed E-state index contributed by atoms with van der Waals surface area (Å²) < 4.78 is 32.5. The van der Waals surface area contributed by atoms with Crippen LogP contribution in [-0.2, 0) is 19.3 Å². The number of sulfone groups is 1. The van der Waals surface area contributed by atoms with Crippen LogP contribution in [0.1, 0.15) is 47.2 Å². The molecule has 0 amide bonds. The van der Waals surface area contributed by atoms with Crippen LogP contribution < -0.4 is 10.6 Å². The summed E-state index contributed by atoms with van der Waals surface area (Å²) in [6.45, 7) is 9.31. The van der Waals surface area contributed by atoms with Gasteiger partial charge in [-0.15, -0.1) is 11.3 Å². The van der Waals surface area contributed by atoms with Gasteiger partial charge in [-0.3, -0.25) is 4.99 Å². The van der Waals surface area contributed by atoms with E-state index >= 15 is 0 Å². The van der Waals surface area contributed by atoms with Crippen molar-refractivity contribution in [3.05, 3.63) is 15.6 Å². The van der Waals surface area contributed by atoms with Crippen molar-refractivity contribution in [1.29, 1.82) is 0 Å². The number of rotatable bonds is 11. The van der Waals surface area contributed by atoms with Crippen molar-refractivity contribution >= 4 is 33.1 Å². The number of guanidine groups is 1. The number of aryl methyl sites for hydroxylation is 1. The van der Waals surface area contributed by atoms with Gasteiger partial charge in [0, 0.05) is 12.8 Å². The van der Waals surface area contributed by atoms with Gasteiger partial charge in [-0.25, -0.2) is 18.2 Å². The largest absolute Gasteiger partial charge is 0.462 e. The summed E-state index contributed by atoms with van der Waals surface area (Å²) in [4.78, 5) is 21.3. The average molecular weight is 435 g/mol. The Morgan fingerprint density at radius 2 is 2.04 bits per heavy atom. The molecule has 1 rings (SSSR count). The maximum atomic E-state index is 12.0. The first kappa shape index (κ1) is 24.3. The molecule has 0 aliphatic rings. The van der Waals surface area contributed by atoms with Crippen molar-refractivity contribution in [2.24, 2.45) is 4.99 Å². The SMILES string of the molecule is CCNC(=NCCOCCS(C)(=O)=O)NC(C)c1nc(C)c(C(=O)OCC)s1. The second-order valence-corrected chi connectivity index (χ2v) is 9.35. The highest BCUT2D eigenvalue weighted by Gasteiger charge is 2.20. The van der Waals surface area contributed by atoms with Crippen LogP contribution in [0.2, 0.25) is 0 Å². The smallest absolute Gasteiger partial charge is 0.350 e. The van der Waals surface area contributed by atoms with E-state index in [0.29, 0.717) is 42.8 Å². The number of carbonyl (C=O) groups is 1. The third-order valence-corrected chi connectivity index (χ3v) is 5.67. The zero-order valence-corrected chi connectivity index (χ0v) is 18.7. The standard InChI is InChI=1S/C17H30N4O5S2/c1-6-18-17(19-8-9-25-10-11-28(5,23)24)21-13(4)15-20-12(3)14(27-15)16(22)26-7-2/h13H,6-11H2,1-5H3,(H2,18,19,21). The molecule has 0 saturated carbocycles. The minimum atomic E-state index is -3.02. The minimum Gasteiger partial charge on any atom is -0.462 e. The highest BCUT2D eigenvalue weighted by Crippen LogP contribution is 2.24. The number of esters is 1. The summed E-state index contributed by atoms with van der Waals surface area (Å²) in [6, 6.07) is -0.157. The number of nitrogens with zero attached hydrogens (tertiary/aromatic N) is 2. The summed E-state index contributed by atoms with van der Waals surface area (Å²) in [5, 5.41) is 7.14. The normalized spacial score (nSPS) is 13.2. The number of nitrogens with one attached hydrogen (secondary N) is 2. The number of carbonyl (C=O) groups excluding carboxylic acids is 1. The van der Waals surface area contributed by atoms with Crippen molar-refractivity contribution in [3.63, 3.8) is 0 Å². The van der Waals surface area contributed by atoms with E-state index in [9.17, 15) is 13.2 Å². The maximum absolute atomic E-state index is 12.0. The molecule has 1 aromatic heterocycles. The van der Waals surface area contributed by atoms with E-state index in [1.165, 1.54) is 17.6 Å². The molecule has 28 heavy (non-hydrogen) atoms. The first-order chi connectivity index (χ1) is 13.2. The van der Waals surface area contributed by atoms with Crippen molar-refractivity contribution in [2.45, 2.75) is 33.7 Å². The van der Waals surface area contributed by atoms with E-state index in [1.54, 1.807) is 13.8 Å². The van der Waals surface area contributed by atoms with Crippen LogP contribution in [-0.4, -0.2) is 70.2 Å². The zero-order valence-electron chi connectivity index (χ0n) is 17.1.